The molecule has 1 fully saturated rings. The highest BCUT2D eigenvalue weighted by atomic mass is 16.2. The lowest BCUT2D eigenvalue weighted by Crippen LogP contribution is -2.26. The predicted molar refractivity (Wildman–Crippen MR) is 69.7 cm³/mol. The van der Waals surface area contributed by atoms with Crippen LogP contribution in [0, 0.1) is 25.2 Å². The number of benzene rings is 1. The molecular weight excluding hydrogens is 210 g/mol. The van der Waals surface area contributed by atoms with Crippen molar-refractivity contribution < 1.29 is 4.79 Å². The van der Waals surface area contributed by atoms with E-state index in [0.29, 0.717) is 6.54 Å². The number of rotatable bonds is 3. The van der Waals surface area contributed by atoms with Gasteiger partial charge in [0.05, 0.1) is 0 Å². The van der Waals surface area contributed by atoms with Crippen molar-refractivity contribution in [2.45, 2.75) is 40.7 Å². The zero-order chi connectivity index (χ0) is 12.6. The van der Waals surface area contributed by atoms with Gasteiger partial charge in [0, 0.05) is 12.5 Å². The number of carbonyl (C=O) groups is 1. The summed E-state index contributed by atoms with van der Waals surface area (Å²) in [6, 6.07) is 6.35. The molecule has 0 spiro atoms. The van der Waals surface area contributed by atoms with Gasteiger partial charge in [0.25, 0.3) is 0 Å². The van der Waals surface area contributed by atoms with Crippen LogP contribution in [-0.2, 0) is 11.3 Å². The number of hydrogen-bond acceptors (Lipinski definition) is 1. The summed E-state index contributed by atoms with van der Waals surface area (Å²) in [6.07, 6.45) is 1.02. The van der Waals surface area contributed by atoms with Crippen LogP contribution in [0.2, 0.25) is 0 Å². The molecule has 92 valence electrons. The van der Waals surface area contributed by atoms with Crippen molar-refractivity contribution in [2.24, 2.45) is 11.3 Å². The van der Waals surface area contributed by atoms with Gasteiger partial charge in [-0.1, -0.05) is 37.6 Å². The van der Waals surface area contributed by atoms with E-state index in [2.05, 4.69) is 51.2 Å². The van der Waals surface area contributed by atoms with E-state index >= 15 is 0 Å². The average Bonchev–Trinajstić information content (AvgIpc) is 2.86. The van der Waals surface area contributed by atoms with E-state index in [0.717, 1.165) is 6.42 Å². The average molecular weight is 231 g/mol. The maximum Gasteiger partial charge on any atom is 0.223 e. The second-order valence-electron chi connectivity index (χ2n) is 5.89. The molecule has 1 aliphatic rings. The fourth-order valence-electron chi connectivity index (χ4n) is 2.26. The predicted octanol–water partition coefficient (Wildman–Crippen LogP) is 2.97. The SMILES string of the molecule is Cc1ccc(CNC(=O)[C@H]2CC2(C)C)c(C)c1. The summed E-state index contributed by atoms with van der Waals surface area (Å²) in [4.78, 5) is 11.9. The largest absolute Gasteiger partial charge is 0.352 e. The van der Waals surface area contributed by atoms with Gasteiger partial charge in [0.1, 0.15) is 0 Å². The Kier molecular flexibility index (Phi) is 2.98. The number of nitrogens with one attached hydrogen (secondary N) is 1. The highest BCUT2D eigenvalue weighted by Gasteiger charge is 2.50. The first-order valence-electron chi connectivity index (χ1n) is 6.24. The molecule has 0 radical (unpaired) electrons. The molecule has 17 heavy (non-hydrogen) atoms. The number of hydrogen-bond donors (Lipinski definition) is 1. The second-order valence-corrected chi connectivity index (χ2v) is 5.89. The Hall–Kier alpha value is -1.31. The molecule has 2 nitrogen and oxygen atoms in total. The molecule has 0 aliphatic heterocycles. The van der Waals surface area contributed by atoms with Gasteiger partial charge in [0.2, 0.25) is 5.91 Å². The van der Waals surface area contributed by atoms with Crippen LogP contribution in [0.3, 0.4) is 0 Å². The molecule has 2 heteroatoms. The molecule has 0 heterocycles. The molecule has 1 saturated carbocycles. The lowest BCUT2D eigenvalue weighted by Gasteiger charge is -2.09. The smallest absolute Gasteiger partial charge is 0.223 e. The van der Waals surface area contributed by atoms with Crippen LogP contribution in [-0.4, -0.2) is 5.91 Å². The fourth-order valence-corrected chi connectivity index (χ4v) is 2.26. The molecule has 1 atom stereocenters. The van der Waals surface area contributed by atoms with E-state index in [1.807, 2.05) is 0 Å². The van der Waals surface area contributed by atoms with Crippen LogP contribution >= 0.6 is 0 Å². The topological polar surface area (TPSA) is 29.1 Å². The third-order valence-electron chi connectivity index (χ3n) is 3.78. The van der Waals surface area contributed by atoms with E-state index in [1.165, 1.54) is 16.7 Å². The van der Waals surface area contributed by atoms with Gasteiger partial charge < -0.3 is 5.32 Å². The summed E-state index contributed by atoms with van der Waals surface area (Å²) in [7, 11) is 0. The maximum absolute atomic E-state index is 11.9. The Morgan fingerprint density at radius 2 is 2.06 bits per heavy atom. The minimum Gasteiger partial charge on any atom is -0.352 e. The van der Waals surface area contributed by atoms with Crippen molar-refractivity contribution in [3.05, 3.63) is 34.9 Å². The first-order chi connectivity index (χ1) is 7.90. The summed E-state index contributed by atoms with van der Waals surface area (Å²) >= 11 is 0. The van der Waals surface area contributed by atoms with E-state index < -0.39 is 0 Å². The van der Waals surface area contributed by atoms with Crippen molar-refractivity contribution in [3.8, 4) is 0 Å². The summed E-state index contributed by atoms with van der Waals surface area (Å²) in [5.74, 6) is 0.420. The molecule has 1 N–H and O–H groups in total. The molecule has 0 aromatic heterocycles. The van der Waals surface area contributed by atoms with Gasteiger partial charge in [0.15, 0.2) is 0 Å². The minimum absolute atomic E-state index is 0.204. The monoisotopic (exact) mass is 231 g/mol. The number of aryl methyl sites for hydroxylation is 2. The molecule has 1 aromatic rings. The summed E-state index contributed by atoms with van der Waals surface area (Å²) in [5, 5.41) is 3.04. The lowest BCUT2D eigenvalue weighted by molar-refractivity contribution is -0.123. The Labute approximate surface area is 103 Å². The van der Waals surface area contributed by atoms with Crippen LogP contribution < -0.4 is 5.32 Å². The molecule has 1 aromatic carbocycles. The van der Waals surface area contributed by atoms with E-state index in [-0.39, 0.29) is 17.2 Å². The maximum atomic E-state index is 11.9. The fraction of sp³-hybridized carbons (Fsp3) is 0.533. The van der Waals surface area contributed by atoms with Gasteiger partial charge in [-0.25, -0.2) is 0 Å². The summed E-state index contributed by atoms with van der Waals surface area (Å²) in [6.45, 7) is 9.12. The van der Waals surface area contributed by atoms with Gasteiger partial charge in [-0.15, -0.1) is 0 Å². The van der Waals surface area contributed by atoms with Crippen molar-refractivity contribution >= 4 is 5.91 Å². The first kappa shape index (κ1) is 12.2. The molecule has 1 amide bonds. The zero-order valence-electron chi connectivity index (χ0n) is 11.1. The van der Waals surface area contributed by atoms with Gasteiger partial charge in [-0.05, 0) is 36.8 Å². The highest BCUT2D eigenvalue weighted by Crippen LogP contribution is 2.51. The Balaban J connectivity index is 1.92. The molecule has 0 unspecified atom stereocenters. The van der Waals surface area contributed by atoms with Crippen LogP contribution in [0.1, 0.15) is 37.0 Å². The minimum atomic E-state index is 0.204. The van der Waals surface area contributed by atoms with Crippen molar-refractivity contribution in [1.29, 1.82) is 0 Å². The van der Waals surface area contributed by atoms with Crippen LogP contribution in [0.4, 0.5) is 0 Å². The highest BCUT2D eigenvalue weighted by molar-refractivity contribution is 5.82. The van der Waals surface area contributed by atoms with Crippen LogP contribution in [0.15, 0.2) is 18.2 Å². The van der Waals surface area contributed by atoms with Crippen molar-refractivity contribution in [3.63, 3.8) is 0 Å². The lowest BCUT2D eigenvalue weighted by atomic mass is 10.1. The third-order valence-corrected chi connectivity index (χ3v) is 3.78. The van der Waals surface area contributed by atoms with Gasteiger partial charge in [-0.3, -0.25) is 4.79 Å². The normalized spacial score (nSPS) is 21.1. The Morgan fingerprint density at radius 3 is 2.59 bits per heavy atom. The summed E-state index contributed by atoms with van der Waals surface area (Å²) < 4.78 is 0. The van der Waals surface area contributed by atoms with E-state index in [4.69, 9.17) is 0 Å². The molecular formula is C15H21NO. The van der Waals surface area contributed by atoms with E-state index in [9.17, 15) is 4.79 Å². The molecule has 0 saturated heterocycles. The molecule has 0 bridgehead atoms. The van der Waals surface area contributed by atoms with Gasteiger partial charge in [-0.2, -0.15) is 0 Å². The summed E-state index contributed by atoms with van der Waals surface area (Å²) in [5.41, 5.74) is 3.94. The third kappa shape index (κ3) is 2.68. The number of carbonyl (C=O) groups excluding carboxylic acids is 1. The quantitative estimate of drug-likeness (QED) is 0.851. The van der Waals surface area contributed by atoms with Gasteiger partial charge >= 0.3 is 0 Å². The molecule has 1 aliphatic carbocycles. The standard InChI is InChI=1S/C15H21NO/c1-10-5-6-12(11(2)7-10)9-16-14(17)13-8-15(13,3)4/h5-7,13H,8-9H2,1-4H3,(H,16,17)/t13-/m1/s1. The Bertz CT molecular complexity index is 448. The first-order valence-corrected chi connectivity index (χ1v) is 6.24. The van der Waals surface area contributed by atoms with Crippen LogP contribution in [0.25, 0.3) is 0 Å². The number of amides is 1. The zero-order valence-corrected chi connectivity index (χ0v) is 11.1. The van der Waals surface area contributed by atoms with Crippen molar-refractivity contribution in [1.82, 2.24) is 5.32 Å². The van der Waals surface area contributed by atoms with E-state index in [1.54, 1.807) is 0 Å². The van der Waals surface area contributed by atoms with Crippen LogP contribution in [0.5, 0.6) is 0 Å². The molecule has 2 rings (SSSR count). The van der Waals surface area contributed by atoms with Crippen molar-refractivity contribution in [2.75, 3.05) is 0 Å². The Morgan fingerprint density at radius 1 is 1.41 bits per heavy atom. The second kappa shape index (κ2) is 4.17.